The number of carbonyl (C=O) groups is 1. The molecule has 0 radical (unpaired) electrons. The zero-order valence-corrected chi connectivity index (χ0v) is 14.7. The highest BCUT2D eigenvalue weighted by Crippen LogP contribution is 2.32. The van der Waals surface area contributed by atoms with E-state index >= 15 is 0 Å². The molecule has 0 amide bonds. The lowest BCUT2D eigenvalue weighted by Crippen LogP contribution is -2.69. The molecule has 7 nitrogen and oxygen atoms in total. The predicted octanol–water partition coefficient (Wildman–Crippen LogP) is 0.513. The van der Waals surface area contributed by atoms with Crippen LogP contribution in [0.25, 0.3) is 0 Å². The normalized spacial score (nSPS) is 33.6. The molecule has 0 aliphatic carbocycles. The molecule has 1 heterocycles. The number of unbranched alkanes of at least 4 members (excludes halogenated alkanes) is 6. The number of aliphatic hydroxyl groups is 4. The predicted molar refractivity (Wildman–Crippen MR) is 87.3 cm³/mol. The SMILES string of the molecule is CCCCCCCCCC(=O)C1(CO)O[C@H](OC)[C@@H](O)[C@H](O)[C@H]1O. The molecular weight excluding hydrogens is 316 g/mol. The number of aliphatic hydroxyl groups excluding tert-OH is 4. The summed E-state index contributed by atoms with van der Waals surface area (Å²) in [5, 5.41) is 39.5. The number of hydrogen-bond acceptors (Lipinski definition) is 7. The highest BCUT2D eigenvalue weighted by molar-refractivity contribution is 5.88. The molecule has 5 atom stereocenters. The molecule has 0 aromatic carbocycles. The summed E-state index contributed by atoms with van der Waals surface area (Å²) < 4.78 is 10.3. The molecule has 1 unspecified atom stereocenters. The number of Topliss-reactive ketones (excluding diaryl/α,β-unsaturated/α-hetero) is 1. The second-order valence-electron chi connectivity index (χ2n) is 6.49. The van der Waals surface area contributed by atoms with Gasteiger partial charge in [-0.2, -0.15) is 0 Å². The molecule has 142 valence electrons. The maximum Gasteiger partial charge on any atom is 0.187 e. The zero-order chi connectivity index (χ0) is 18.2. The van der Waals surface area contributed by atoms with Gasteiger partial charge in [-0.25, -0.2) is 0 Å². The second-order valence-corrected chi connectivity index (χ2v) is 6.49. The standard InChI is InChI=1S/C17H32O7/c1-3-4-5-6-7-8-9-10-12(19)17(11-18)15(22)13(20)14(21)16(23-2)24-17/h13-16,18,20-22H,3-11H2,1-2H3/t13-,14-,15+,16-,17?/m0/s1. The van der Waals surface area contributed by atoms with E-state index in [1.807, 2.05) is 0 Å². The van der Waals surface area contributed by atoms with Crippen molar-refractivity contribution in [3.8, 4) is 0 Å². The van der Waals surface area contributed by atoms with Crippen molar-refractivity contribution >= 4 is 5.78 Å². The Morgan fingerprint density at radius 2 is 1.62 bits per heavy atom. The minimum Gasteiger partial charge on any atom is -0.393 e. The maximum atomic E-state index is 12.5. The number of ether oxygens (including phenoxy) is 2. The van der Waals surface area contributed by atoms with Gasteiger partial charge in [-0.3, -0.25) is 4.79 Å². The van der Waals surface area contributed by atoms with Crippen molar-refractivity contribution in [2.45, 2.75) is 88.5 Å². The molecule has 1 saturated heterocycles. The maximum absolute atomic E-state index is 12.5. The first-order chi connectivity index (χ1) is 11.4. The van der Waals surface area contributed by atoms with E-state index in [2.05, 4.69) is 6.92 Å². The first-order valence-electron chi connectivity index (χ1n) is 8.83. The summed E-state index contributed by atoms with van der Waals surface area (Å²) in [4.78, 5) is 12.5. The Hall–Kier alpha value is -0.570. The first kappa shape index (κ1) is 21.5. The van der Waals surface area contributed by atoms with Crippen LogP contribution in [0.1, 0.15) is 58.3 Å². The third kappa shape index (κ3) is 4.97. The van der Waals surface area contributed by atoms with Gasteiger partial charge in [0.2, 0.25) is 0 Å². The van der Waals surface area contributed by atoms with Gasteiger partial charge in [-0.1, -0.05) is 45.4 Å². The van der Waals surface area contributed by atoms with Gasteiger partial charge in [0, 0.05) is 13.5 Å². The minimum atomic E-state index is -1.96. The molecule has 0 saturated carbocycles. The Morgan fingerprint density at radius 1 is 1.04 bits per heavy atom. The summed E-state index contributed by atoms with van der Waals surface area (Å²) in [6.45, 7) is 1.37. The van der Waals surface area contributed by atoms with Gasteiger partial charge in [-0.05, 0) is 6.42 Å². The first-order valence-corrected chi connectivity index (χ1v) is 8.83. The molecule has 0 aromatic heterocycles. The molecule has 1 aliphatic heterocycles. The number of ketones is 1. The highest BCUT2D eigenvalue weighted by Gasteiger charge is 2.57. The van der Waals surface area contributed by atoms with Crippen molar-refractivity contribution in [2.75, 3.05) is 13.7 Å². The largest absolute Gasteiger partial charge is 0.393 e. The average molecular weight is 348 g/mol. The Labute approximate surface area is 143 Å². The summed E-state index contributed by atoms with van der Waals surface area (Å²) in [6.07, 6.45) is 1.27. The van der Waals surface area contributed by atoms with Crippen LogP contribution >= 0.6 is 0 Å². The van der Waals surface area contributed by atoms with E-state index < -0.39 is 42.6 Å². The fourth-order valence-electron chi connectivity index (χ4n) is 3.06. The topological polar surface area (TPSA) is 116 Å². The van der Waals surface area contributed by atoms with Crippen LogP contribution in [0.4, 0.5) is 0 Å². The number of hydrogen-bond donors (Lipinski definition) is 4. The molecule has 1 rings (SSSR count). The number of carbonyl (C=O) groups excluding carboxylic acids is 1. The summed E-state index contributed by atoms with van der Waals surface area (Å²) in [5.74, 6) is -0.487. The van der Waals surface area contributed by atoms with E-state index in [-0.39, 0.29) is 6.42 Å². The van der Waals surface area contributed by atoms with Crippen molar-refractivity contribution in [1.82, 2.24) is 0 Å². The Balaban J connectivity index is 2.57. The van der Waals surface area contributed by atoms with Crippen molar-refractivity contribution in [2.24, 2.45) is 0 Å². The van der Waals surface area contributed by atoms with Crippen molar-refractivity contribution in [1.29, 1.82) is 0 Å². The highest BCUT2D eigenvalue weighted by atomic mass is 16.7. The van der Waals surface area contributed by atoms with Gasteiger partial charge >= 0.3 is 0 Å². The van der Waals surface area contributed by atoms with Crippen LogP contribution in [0.2, 0.25) is 0 Å². The smallest absolute Gasteiger partial charge is 0.187 e. The van der Waals surface area contributed by atoms with Crippen molar-refractivity contribution < 1.29 is 34.7 Å². The third-order valence-electron chi connectivity index (χ3n) is 4.70. The van der Waals surface area contributed by atoms with Gasteiger partial charge in [-0.15, -0.1) is 0 Å². The fraction of sp³-hybridized carbons (Fsp3) is 0.941. The summed E-state index contributed by atoms with van der Waals surface area (Å²) >= 11 is 0. The van der Waals surface area contributed by atoms with Crippen LogP contribution in [-0.2, 0) is 14.3 Å². The molecule has 1 aliphatic rings. The molecule has 0 spiro atoms. The molecule has 0 bridgehead atoms. The van der Waals surface area contributed by atoms with Gasteiger partial charge in [0.1, 0.15) is 18.3 Å². The van der Waals surface area contributed by atoms with Crippen LogP contribution in [0.5, 0.6) is 0 Å². The van der Waals surface area contributed by atoms with E-state index in [0.29, 0.717) is 6.42 Å². The molecular formula is C17H32O7. The van der Waals surface area contributed by atoms with Crippen LogP contribution < -0.4 is 0 Å². The van der Waals surface area contributed by atoms with Crippen LogP contribution in [-0.4, -0.2) is 70.1 Å². The van der Waals surface area contributed by atoms with Crippen LogP contribution in [0, 0.1) is 0 Å². The Morgan fingerprint density at radius 3 is 2.17 bits per heavy atom. The van der Waals surface area contributed by atoms with Crippen molar-refractivity contribution in [3.05, 3.63) is 0 Å². The summed E-state index contributed by atoms with van der Waals surface area (Å²) in [6, 6.07) is 0. The number of rotatable bonds is 11. The molecule has 1 fully saturated rings. The minimum absolute atomic E-state index is 0.130. The average Bonchev–Trinajstić information content (AvgIpc) is 2.59. The quantitative estimate of drug-likeness (QED) is 0.402. The Kier molecular flexibility index (Phi) is 9.33. The lowest BCUT2D eigenvalue weighted by molar-refractivity contribution is -0.321. The monoisotopic (exact) mass is 348 g/mol. The fourth-order valence-corrected chi connectivity index (χ4v) is 3.06. The number of methoxy groups -OCH3 is 1. The van der Waals surface area contributed by atoms with Gasteiger partial charge < -0.3 is 29.9 Å². The van der Waals surface area contributed by atoms with Gasteiger partial charge in [0.25, 0.3) is 0 Å². The van der Waals surface area contributed by atoms with Crippen LogP contribution in [0.15, 0.2) is 0 Å². The molecule has 7 heteroatoms. The van der Waals surface area contributed by atoms with Crippen molar-refractivity contribution in [3.63, 3.8) is 0 Å². The van der Waals surface area contributed by atoms with E-state index in [1.54, 1.807) is 0 Å². The lowest BCUT2D eigenvalue weighted by atomic mass is 9.82. The Bertz CT molecular complexity index is 374. The van der Waals surface area contributed by atoms with Gasteiger partial charge in [0.05, 0.1) is 6.61 Å². The van der Waals surface area contributed by atoms with Gasteiger partial charge in [0.15, 0.2) is 17.7 Å². The third-order valence-corrected chi connectivity index (χ3v) is 4.70. The summed E-state index contributed by atoms with van der Waals surface area (Å²) in [7, 11) is 1.25. The summed E-state index contributed by atoms with van der Waals surface area (Å²) in [5.41, 5.74) is -1.96. The van der Waals surface area contributed by atoms with E-state index in [9.17, 15) is 25.2 Å². The lowest BCUT2D eigenvalue weighted by Gasteiger charge is -2.46. The van der Waals surface area contributed by atoms with E-state index in [4.69, 9.17) is 9.47 Å². The zero-order valence-electron chi connectivity index (χ0n) is 14.7. The van der Waals surface area contributed by atoms with Crippen LogP contribution in [0.3, 0.4) is 0 Å². The molecule has 24 heavy (non-hydrogen) atoms. The molecule has 0 aromatic rings. The van der Waals surface area contributed by atoms with E-state index in [0.717, 1.165) is 19.3 Å². The van der Waals surface area contributed by atoms with E-state index in [1.165, 1.54) is 26.4 Å². The molecule has 4 N–H and O–H groups in total. The second kappa shape index (κ2) is 10.4.